The minimum absolute atomic E-state index is 0.0481. The van der Waals surface area contributed by atoms with Gasteiger partial charge in [-0.15, -0.1) is 6.42 Å². The summed E-state index contributed by atoms with van der Waals surface area (Å²) in [5.41, 5.74) is 11.1. The summed E-state index contributed by atoms with van der Waals surface area (Å²) >= 11 is 0. The molecule has 0 amide bonds. The molecule has 2 bridgehead atoms. The molecular weight excluding hydrogens is 396 g/mol. The van der Waals surface area contributed by atoms with E-state index in [0.29, 0.717) is 5.82 Å². The molecular formula is C26H26N6. The minimum atomic E-state index is -0.0481. The van der Waals surface area contributed by atoms with E-state index >= 15 is 0 Å². The largest absolute Gasteiger partial charge is 0.383 e. The summed E-state index contributed by atoms with van der Waals surface area (Å²) in [5.74, 6) is 3.48. The molecule has 2 N–H and O–H groups in total. The van der Waals surface area contributed by atoms with Gasteiger partial charge in [-0.25, -0.2) is 9.97 Å². The van der Waals surface area contributed by atoms with Crippen molar-refractivity contribution < 1.29 is 0 Å². The van der Waals surface area contributed by atoms with E-state index in [1.54, 1.807) is 6.33 Å². The van der Waals surface area contributed by atoms with Gasteiger partial charge in [-0.2, -0.15) is 0 Å². The molecule has 2 aliphatic rings. The standard InChI is InChI=1S/C26H26N6/c1-4-20-21(18-13-17-7-5-6-8-19(17)28-14-18)22-23(27)29-16-30-24(22)32(20)26-11-9-25(15-26,10-12-26)31(2)3/h1,5-8,13-14,16H,9-12,15H2,2-3H3,(H2,27,29,30). The summed E-state index contributed by atoms with van der Waals surface area (Å²) in [6.07, 6.45) is 15.2. The van der Waals surface area contributed by atoms with Crippen LogP contribution in [0.4, 0.5) is 5.82 Å². The van der Waals surface area contributed by atoms with Crippen LogP contribution in [0.3, 0.4) is 0 Å². The number of nitrogens with two attached hydrogens (primary N) is 1. The molecule has 0 aliphatic heterocycles. The fourth-order valence-corrected chi connectivity index (χ4v) is 6.28. The fraction of sp³-hybridized carbons (Fsp3) is 0.346. The Balaban J connectivity index is 1.65. The van der Waals surface area contributed by atoms with Gasteiger partial charge in [0.2, 0.25) is 0 Å². The molecule has 6 heteroatoms. The molecule has 0 atom stereocenters. The molecule has 160 valence electrons. The van der Waals surface area contributed by atoms with E-state index in [1.807, 2.05) is 24.4 Å². The van der Waals surface area contributed by atoms with Crippen LogP contribution in [0.1, 0.15) is 37.8 Å². The SMILES string of the molecule is C#Cc1c(-c2cnc3ccccc3c2)c2c(N)ncnc2n1C12CCC(N(C)C)(CC1)C2. The Morgan fingerprint density at radius 3 is 2.59 bits per heavy atom. The highest BCUT2D eigenvalue weighted by Crippen LogP contribution is 2.59. The van der Waals surface area contributed by atoms with Gasteiger partial charge in [0.05, 0.1) is 10.9 Å². The first-order valence-electron chi connectivity index (χ1n) is 11.1. The lowest BCUT2D eigenvalue weighted by molar-refractivity contribution is 0.161. The summed E-state index contributed by atoms with van der Waals surface area (Å²) in [4.78, 5) is 16.1. The molecule has 0 spiro atoms. The van der Waals surface area contributed by atoms with E-state index in [-0.39, 0.29) is 11.1 Å². The Kier molecular flexibility index (Phi) is 3.94. The third kappa shape index (κ3) is 2.43. The quantitative estimate of drug-likeness (QED) is 0.502. The highest BCUT2D eigenvalue weighted by Gasteiger charge is 2.57. The Hall–Kier alpha value is -3.43. The fourth-order valence-electron chi connectivity index (χ4n) is 6.28. The Bertz CT molecular complexity index is 1420. The number of para-hydroxylation sites is 1. The Morgan fingerprint density at radius 1 is 1.09 bits per heavy atom. The molecule has 6 rings (SSSR count). The second-order valence-electron chi connectivity index (χ2n) is 9.60. The molecule has 2 saturated carbocycles. The zero-order chi connectivity index (χ0) is 22.1. The lowest BCUT2D eigenvalue weighted by Crippen LogP contribution is -2.39. The average Bonchev–Trinajstić information content (AvgIpc) is 3.48. The van der Waals surface area contributed by atoms with E-state index in [4.69, 9.17) is 17.1 Å². The van der Waals surface area contributed by atoms with Crippen LogP contribution >= 0.6 is 0 Å². The number of hydrogen-bond acceptors (Lipinski definition) is 5. The van der Waals surface area contributed by atoms with Crippen LogP contribution in [0.15, 0.2) is 42.9 Å². The number of nitrogen functional groups attached to an aromatic ring is 1. The first-order valence-corrected chi connectivity index (χ1v) is 11.1. The molecule has 32 heavy (non-hydrogen) atoms. The van der Waals surface area contributed by atoms with E-state index in [2.05, 4.69) is 51.6 Å². The maximum atomic E-state index is 6.45. The summed E-state index contributed by atoms with van der Waals surface area (Å²) in [6, 6.07) is 10.2. The smallest absolute Gasteiger partial charge is 0.147 e. The summed E-state index contributed by atoms with van der Waals surface area (Å²) in [6.45, 7) is 0. The van der Waals surface area contributed by atoms with E-state index in [0.717, 1.165) is 70.9 Å². The molecule has 3 aromatic heterocycles. The highest BCUT2D eigenvalue weighted by atomic mass is 15.2. The van der Waals surface area contributed by atoms with Crippen molar-refractivity contribution in [1.29, 1.82) is 0 Å². The molecule has 0 saturated heterocycles. The van der Waals surface area contributed by atoms with Gasteiger partial charge in [-0.1, -0.05) is 24.1 Å². The maximum Gasteiger partial charge on any atom is 0.147 e. The number of anilines is 1. The third-order valence-electron chi connectivity index (χ3n) is 7.99. The zero-order valence-electron chi connectivity index (χ0n) is 18.5. The van der Waals surface area contributed by atoms with Crippen molar-refractivity contribution in [2.75, 3.05) is 19.8 Å². The molecule has 1 aromatic carbocycles. The van der Waals surface area contributed by atoms with Crippen LogP contribution < -0.4 is 5.73 Å². The molecule has 2 fully saturated rings. The lowest BCUT2D eigenvalue weighted by atomic mass is 9.90. The molecule has 0 radical (unpaired) electrons. The van der Waals surface area contributed by atoms with Crippen molar-refractivity contribution in [3.8, 4) is 23.5 Å². The van der Waals surface area contributed by atoms with E-state index in [9.17, 15) is 0 Å². The molecule has 3 heterocycles. The first kappa shape index (κ1) is 19.3. The summed E-state index contributed by atoms with van der Waals surface area (Å²) in [7, 11) is 4.40. The van der Waals surface area contributed by atoms with Crippen molar-refractivity contribution in [3.05, 3.63) is 48.5 Å². The van der Waals surface area contributed by atoms with E-state index in [1.165, 1.54) is 0 Å². The van der Waals surface area contributed by atoms with Crippen molar-refractivity contribution in [3.63, 3.8) is 0 Å². The van der Waals surface area contributed by atoms with Crippen molar-refractivity contribution in [1.82, 2.24) is 24.4 Å². The topological polar surface area (TPSA) is 72.9 Å². The second kappa shape index (κ2) is 6.54. The predicted molar refractivity (Wildman–Crippen MR) is 128 cm³/mol. The highest BCUT2D eigenvalue weighted by molar-refractivity contribution is 6.04. The van der Waals surface area contributed by atoms with Crippen molar-refractivity contribution >= 4 is 27.8 Å². The molecule has 2 aliphatic carbocycles. The first-order chi connectivity index (χ1) is 15.5. The van der Waals surface area contributed by atoms with Gasteiger partial charge in [0.15, 0.2) is 0 Å². The van der Waals surface area contributed by atoms with Crippen molar-refractivity contribution in [2.45, 2.75) is 43.2 Å². The summed E-state index contributed by atoms with van der Waals surface area (Å²) in [5, 5.41) is 1.90. The molecule has 0 unspecified atom stereocenters. The van der Waals surface area contributed by atoms with Gasteiger partial charge in [-0.05, 0) is 58.3 Å². The van der Waals surface area contributed by atoms with Crippen LogP contribution in [0.5, 0.6) is 0 Å². The predicted octanol–water partition coefficient (Wildman–Crippen LogP) is 4.18. The Morgan fingerprint density at radius 2 is 1.88 bits per heavy atom. The van der Waals surface area contributed by atoms with Gasteiger partial charge >= 0.3 is 0 Å². The second-order valence-corrected chi connectivity index (χ2v) is 9.60. The van der Waals surface area contributed by atoms with Crippen LogP contribution in [-0.4, -0.2) is 44.1 Å². The lowest BCUT2D eigenvalue weighted by Gasteiger charge is -2.34. The monoisotopic (exact) mass is 422 g/mol. The minimum Gasteiger partial charge on any atom is -0.383 e. The van der Waals surface area contributed by atoms with Crippen LogP contribution in [-0.2, 0) is 5.54 Å². The third-order valence-corrected chi connectivity index (χ3v) is 7.99. The van der Waals surface area contributed by atoms with Gasteiger partial charge in [0.25, 0.3) is 0 Å². The van der Waals surface area contributed by atoms with E-state index < -0.39 is 0 Å². The number of benzene rings is 1. The van der Waals surface area contributed by atoms with Gasteiger partial charge < -0.3 is 15.2 Å². The maximum absolute atomic E-state index is 6.45. The van der Waals surface area contributed by atoms with Crippen LogP contribution in [0.25, 0.3) is 33.1 Å². The zero-order valence-corrected chi connectivity index (χ0v) is 18.5. The van der Waals surface area contributed by atoms with Crippen LogP contribution in [0.2, 0.25) is 0 Å². The number of terminal acetylenes is 1. The summed E-state index contributed by atoms with van der Waals surface area (Å²) < 4.78 is 2.32. The van der Waals surface area contributed by atoms with Crippen molar-refractivity contribution in [2.24, 2.45) is 0 Å². The van der Waals surface area contributed by atoms with Gasteiger partial charge in [0.1, 0.15) is 23.5 Å². The number of aromatic nitrogens is 4. The van der Waals surface area contributed by atoms with Gasteiger partial charge in [-0.3, -0.25) is 4.98 Å². The van der Waals surface area contributed by atoms with Gasteiger partial charge in [0, 0.05) is 33.8 Å². The molecule has 4 aromatic rings. The number of pyridine rings is 1. The molecule has 6 nitrogen and oxygen atoms in total. The number of fused-ring (bicyclic) bond motifs is 4. The number of hydrogen-bond donors (Lipinski definition) is 1. The number of nitrogens with zero attached hydrogens (tertiary/aromatic N) is 5. The normalized spacial score (nSPS) is 24.6. The Labute approximate surface area is 187 Å². The van der Waals surface area contributed by atoms with Crippen LogP contribution in [0, 0.1) is 12.3 Å². The number of rotatable bonds is 3. The average molecular weight is 423 g/mol.